The van der Waals surface area contributed by atoms with Gasteiger partial charge in [-0.05, 0) is 24.6 Å². The second kappa shape index (κ2) is 5.70. The first-order valence-electron chi connectivity index (χ1n) is 6.21. The Morgan fingerprint density at radius 2 is 1.75 bits per heavy atom. The van der Waals surface area contributed by atoms with Crippen LogP contribution in [0.5, 0.6) is 0 Å². The average Bonchev–Trinajstić information content (AvgIpc) is 2.45. The molecule has 0 unspecified atom stereocenters. The van der Waals surface area contributed by atoms with Gasteiger partial charge < -0.3 is 9.80 Å². The van der Waals surface area contributed by atoms with Crippen molar-refractivity contribution in [2.24, 2.45) is 5.84 Å². The van der Waals surface area contributed by atoms with Crippen LogP contribution in [0, 0.1) is 6.92 Å². The predicted octanol–water partition coefficient (Wildman–Crippen LogP) is 1.30. The second-order valence-corrected chi connectivity index (χ2v) is 4.70. The predicted molar refractivity (Wildman–Crippen MR) is 81.2 cm³/mol. The largest absolute Gasteiger partial charge is 0.347 e. The Morgan fingerprint density at radius 1 is 1.05 bits per heavy atom. The second-order valence-electron chi connectivity index (χ2n) is 4.70. The van der Waals surface area contributed by atoms with E-state index in [2.05, 4.69) is 26.4 Å². The summed E-state index contributed by atoms with van der Waals surface area (Å²) < 4.78 is 0. The Morgan fingerprint density at radius 3 is 2.35 bits per heavy atom. The van der Waals surface area contributed by atoms with Crippen molar-refractivity contribution >= 4 is 23.5 Å². The highest BCUT2D eigenvalue weighted by Crippen LogP contribution is 2.23. The summed E-state index contributed by atoms with van der Waals surface area (Å²) in [6.45, 7) is 2.04. The molecule has 0 fully saturated rings. The number of hydrazine groups is 1. The van der Waals surface area contributed by atoms with E-state index in [0.29, 0.717) is 17.8 Å². The van der Waals surface area contributed by atoms with E-state index < -0.39 is 0 Å². The monoisotopic (exact) mass is 273 g/mol. The molecule has 0 saturated carbocycles. The van der Waals surface area contributed by atoms with Crippen LogP contribution < -0.4 is 21.1 Å². The van der Waals surface area contributed by atoms with E-state index in [9.17, 15) is 0 Å². The van der Waals surface area contributed by atoms with Gasteiger partial charge in [0, 0.05) is 26.8 Å². The molecule has 0 aliphatic heterocycles. The van der Waals surface area contributed by atoms with E-state index in [1.54, 1.807) is 4.90 Å². The van der Waals surface area contributed by atoms with Gasteiger partial charge in [0.05, 0.1) is 0 Å². The Kier molecular flexibility index (Phi) is 3.99. The van der Waals surface area contributed by atoms with Gasteiger partial charge in [0.1, 0.15) is 0 Å². The number of nitrogens with one attached hydrogen (secondary N) is 1. The molecule has 2 aromatic rings. The molecule has 0 spiro atoms. The fourth-order valence-corrected chi connectivity index (χ4v) is 1.72. The van der Waals surface area contributed by atoms with Crippen molar-refractivity contribution in [1.29, 1.82) is 0 Å². The van der Waals surface area contributed by atoms with Crippen LogP contribution in [-0.2, 0) is 0 Å². The van der Waals surface area contributed by atoms with E-state index in [-0.39, 0.29) is 0 Å². The summed E-state index contributed by atoms with van der Waals surface area (Å²) in [6.07, 6.45) is 0. The summed E-state index contributed by atoms with van der Waals surface area (Å²) in [5.41, 5.74) is 4.64. The average molecular weight is 273 g/mol. The van der Waals surface area contributed by atoms with Crippen LogP contribution in [0.15, 0.2) is 24.3 Å². The number of aromatic nitrogens is 3. The first-order valence-corrected chi connectivity index (χ1v) is 6.21. The van der Waals surface area contributed by atoms with Gasteiger partial charge in [-0.1, -0.05) is 12.1 Å². The van der Waals surface area contributed by atoms with Crippen LogP contribution in [0.4, 0.5) is 23.5 Å². The summed E-state index contributed by atoms with van der Waals surface area (Å²) in [4.78, 5) is 16.6. The van der Waals surface area contributed by atoms with Crippen molar-refractivity contribution in [2.75, 3.05) is 36.4 Å². The number of rotatable bonds is 4. The van der Waals surface area contributed by atoms with Gasteiger partial charge in [0.15, 0.2) is 0 Å². The van der Waals surface area contributed by atoms with Crippen LogP contribution in [-0.4, -0.2) is 36.1 Å². The summed E-state index contributed by atoms with van der Waals surface area (Å²) >= 11 is 0. The molecule has 1 aromatic heterocycles. The zero-order valence-electron chi connectivity index (χ0n) is 12.1. The minimum Gasteiger partial charge on any atom is -0.347 e. The Bertz CT molecular complexity index is 597. The smallest absolute Gasteiger partial charge is 0.243 e. The molecule has 0 atom stereocenters. The summed E-state index contributed by atoms with van der Waals surface area (Å²) in [7, 11) is 5.64. The summed E-state index contributed by atoms with van der Waals surface area (Å²) in [5.74, 6) is 6.82. The molecule has 0 amide bonds. The Labute approximate surface area is 118 Å². The minimum atomic E-state index is 0.332. The molecule has 1 heterocycles. The van der Waals surface area contributed by atoms with Gasteiger partial charge in [0.2, 0.25) is 17.8 Å². The normalized spacial score (nSPS) is 10.2. The lowest BCUT2D eigenvalue weighted by molar-refractivity contribution is 0.928. The zero-order valence-corrected chi connectivity index (χ0v) is 12.1. The van der Waals surface area contributed by atoms with Crippen molar-refractivity contribution in [3.63, 3.8) is 0 Å². The highest BCUT2D eigenvalue weighted by molar-refractivity contribution is 5.59. The van der Waals surface area contributed by atoms with Gasteiger partial charge in [-0.2, -0.15) is 15.0 Å². The molecule has 0 aliphatic carbocycles. The molecule has 0 saturated heterocycles. The van der Waals surface area contributed by atoms with Crippen molar-refractivity contribution in [1.82, 2.24) is 15.0 Å². The maximum atomic E-state index is 5.41. The zero-order chi connectivity index (χ0) is 14.7. The molecule has 0 bridgehead atoms. The lowest BCUT2D eigenvalue weighted by Crippen LogP contribution is -2.21. The number of anilines is 4. The third kappa shape index (κ3) is 2.94. The lowest BCUT2D eigenvalue weighted by Gasteiger charge is -2.20. The Balaban J connectivity index is 2.43. The Hall–Kier alpha value is -2.41. The maximum absolute atomic E-state index is 5.41. The molecule has 0 radical (unpaired) electrons. The number of benzene rings is 1. The quantitative estimate of drug-likeness (QED) is 0.641. The fraction of sp³-hybridized carbons (Fsp3) is 0.308. The third-order valence-corrected chi connectivity index (χ3v) is 2.83. The van der Waals surface area contributed by atoms with E-state index in [1.807, 2.05) is 51.2 Å². The first-order chi connectivity index (χ1) is 9.51. The highest BCUT2D eigenvalue weighted by Gasteiger charge is 2.12. The number of aryl methyl sites for hydroxylation is 1. The minimum absolute atomic E-state index is 0.332. The molecule has 7 heteroatoms. The van der Waals surface area contributed by atoms with Crippen LogP contribution in [0.3, 0.4) is 0 Å². The van der Waals surface area contributed by atoms with Crippen LogP contribution in [0.25, 0.3) is 0 Å². The van der Waals surface area contributed by atoms with Gasteiger partial charge >= 0.3 is 0 Å². The number of hydrogen-bond donors (Lipinski definition) is 2. The van der Waals surface area contributed by atoms with Crippen molar-refractivity contribution in [3.05, 3.63) is 29.8 Å². The fourth-order valence-electron chi connectivity index (χ4n) is 1.72. The van der Waals surface area contributed by atoms with Gasteiger partial charge in [-0.25, -0.2) is 5.84 Å². The highest BCUT2D eigenvalue weighted by atomic mass is 15.4. The molecular weight excluding hydrogens is 254 g/mol. The molecule has 0 aliphatic rings. The lowest BCUT2D eigenvalue weighted by atomic mass is 10.2. The van der Waals surface area contributed by atoms with E-state index >= 15 is 0 Å². The first kappa shape index (κ1) is 14.0. The van der Waals surface area contributed by atoms with Crippen molar-refractivity contribution < 1.29 is 0 Å². The molecule has 20 heavy (non-hydrogen) atoms. The number of hydrogen-bond acceptors (Lipinski definition) is 7. The van der Waals surface area contributed by atoms with E-state index in [4.69, 9.17) is 5.84 Å². The van der Waals surface area contributed by atoms with Crippen molar-refractivity contribution in [2.45, 2.75) is 6.92 Å². The maximum Gasteiger partial charge on any atom is 0.243 e. The molecule has 7 nitrogen and oxygen atoms in total. The van der Waals surface area contributed by atoms with Crippen molar-refractivity contribution in [3.8, 4) is 0 Å². The van der Waals surface area contributed by atoms with Gasteiger partial charge in [-0.15, -0.1) is 0 Å². The number of nitrogens with zero attached hydrogens (tertiary/aromatic N) is 5. The molecular formula is C13H19N7. The topological polar surface area (TPSA) is 83.2 Å². The van der Waals surface area contributed by atoms with Crippen LogP contribution in [0.1, 0.15) is 5.56 Å². The summed E-state index contributed by atoms with van der Waals surface area (Å²) in [5, 5.41) is 0. The number of nitrogen functional groups attached to an aromatic ring is 1. The molecule has 106 valence electrons. The molecule has 1 aromatic carbocycles. The number of nitrogens with two attached hydrogens (primary N) is 1. The van der Waals surface area contributed by atoms with Gasteiger partial charge in [0.25, 0.3) is 0 Å². The van der Waals surface area contributed by atoms with E-state index in [1.165, 1.54) is 5.56 Å². The molecule has 2 rings (SSSR count). The standard InChI is InChI=1S/C13H19N7/c1-9-6-5-7-10(8-9)20(4)13-16-11(18-14)15-12(17-13)19(2)3/h5-8H,14H2,1-4H3,(H,15,16,17,18). The van der Waals surface area contributed by atoms with Crippen LogP contribution >= 0.6 is 0 Å². The van der Waals surface area contributed by atoms with Crippen LogP contribution in [0.2, 0.25) is 0 Å². The third-order valence-electron chi connectivity index (χ3n) is 2.83. The SMILES string of the molecule is Cc1cccc(N(C)c2nc(NN)nc(N(C)C)n2)c1. The van der Waals surface area contributed by atoms with E-state index in [0.717, 1.165) is 5.69 Å². The summed E-state index contributed by atoms with van der Waals surface area (Å²) in [6, 6.07) is 8.11. The van der Waals surface area contributed by atoms with Gasteiger partial charge in [-0.3, -0.25) is 5.43 Å². The molecule has 3 N–H and O–H groups in total.